The normalized spacial score (nSPS) is 19.8. The van der Waals surface area contributed by atoms with Crippen molar-refractivity contribution in [1.82, 2.24) is 20.2 Å². The van der Waals surface area contributed by atoms with Crippen molar-refractivity contribution >= 4 is 6.09 Å². The van der Waals surface area contributed by atoms with Crippen LogP contribution in [0.4, 0.5) is 4.79 Å². The molecule has 0 spiro atoms. The summed E-state index contributed by atoms with van der Waals surface area (Å²) in [6, 6.07) is 2.45. The van der Waals surface area contributed by atoms with E-state index in [0.717, 1.165) is 31.5 Å². The molecule has 1 fully saturated rings. The third kappa shape index (κ3) is 6.07. The highest BCUT2D eigenvalue weighted by Crippen LogP contribution is 2.23. The summed E-state index contributed by atoms with van der Waals surface area (Å²) in [7, 11) is 0. The van der Waals surface area contributed by atoms with Gasteiger partial charge in [-0.2, -0.15) is 0 Å². The number of ether oxygens (including phenoxy) is 1. The highest BCUT2D eigenvalue weighted by Gasteiger charge is 2.31. The van der Waals surface area contributed by atoms with Gasteiger partial charge in [0.25, 0.3) is 0 Å². The van der Waals surface area contributed by atoms with Gasteiger partial charge in [-0.15, -0.1) is 0 Å². The highest BCUT2D eigenvalue weighted by molar-refractivity contribution is 5.68. The van der Waals surface area contributed by atoms with Gasteiger partial charge in [-0.3, -0.25) is 0 Å². The van der Waals surface area contributed by atoms with Crippen LogP contribution in [0.25, 0.3) is 0 Å². The molecule has 0 bridgehead atoms. The number of piperidine rings is 1. The number of carbonyl (C=O) groups excluding carboxylic acids is 1. The van der Waals surface area contributed by atoms with Gasteiger partial charge in [-0.25, -0.2) is 14.8 Å². The summed E-state index contributed by atoms with van der Waals surface area (Å²) in [4.78, 5) is 22.5. The molecule has 1 aliphatic rings. The number of hydrogen-bond acceptors (Lipinski definition) is 5. The van der Waals surface area contributed by atoms with E-state index in [4.69, 9.17) is 4.74 Å². The minimum absolute atomic E-state index is 0.185. The fraction of sp³-hybridized carbons (Fsp3) is 0.722. The van der Waals surface area contributed by atoms with Gasteiger partial charge < -0.3 is 15.0 Å². The van der Waals surface area contributed by atoms with Gasteiger partial charge in [-0.1, -0.05) is 0 Å². The number of nitrogens with zero attached hydrogens (tertiary/aromatic N) is 3. The first-order valence-electron chi connectivity index (χ1n) is 8.83. The van der Waals surface area contributed by atoms with Crippen LogP contribution in [-0.2, 0) is 11.3 Å². The molecular formula is C18H30N4O2. The SMILES string of the molecule is CC(CC1CCCCN1C(=O)OC(C)(C)C)NCc1ccncn1. The zero-order chi connectivity index (χ0) is 17.6. The van der Waals surface area contributed by atoms with Crippen molar-refractivity contribution in [2.24, 2.45) is 0 Å². The van der Waals surface area contributed by atoms with E-state index in [1.807, 2.05) is 31.7 Å². The van der Waals surface area contributed by atoms with E-state index in [1.54, 1.807) is 12.5 Å². The maximum absolute atomic E-state index is 12.5. The number of amides is 1. The fourth-order valence-corrected chi connectivity index (χ4v) is 3.00. The number of aromatic nitrogens is 2. The van der Waals surface area contributed by atoms with E-state index in [9.17, 15) is 4.79 Å². The van der Waals surface area contributed by atoms with E-state index >= 15 is 0 Å². The van der Waals surface area contributed by atoms with Crippen LogP contribution in [0.2, 0.25) is 0 Å². The predicted molar refractivity (Wildman–Crippen MR) is 93.5 cm³/mol. The molecule has 0 radical (unpaired) electrons. The lowest BCUT2D eigenvalue weighted by Gasteiger charge is -2.38. The Bertz CT molecular complexity index is 516. The Balaban J connectivity index is 1.86. The van der Waals surface area contributed by atoms with Crippen LogP contribution in [0.3, 0.4) is 0 Å². The molecule has 0 saturated carbocycles. The lowest BCUT2D eigenvalue weighted by molar-refractivity contribution is 0.00788. The van der Waals surface area contributed by atoms with Gasteiger partial charge in [0.1, 0.15) is 11.9 Å². The summed E-state index contributed by atoms with van der Waals surface area (Å²) >= 11 is 0. The van der Waals surface area contributed by atoms with Crippen LogP contribution in [0.1, 0.15) is 59.1 Å². The minimum Gasteiger partial charge on any atom is -0.444 e. The monoisotopic (exact) mass is 334 g/mol. The summed E-state index contributed by atoms with van der Waals surface area (Å²) in [6.07, 6.45) is 7.31. The topological polar surface area (TPSA) is 67.3 Å². The number of likely N-dealkylation sites (tertiary alicyclic amines) is 1. The molecule has 2 rings (SSSR count). The molecule has 1 amide bonds. The summed E-state index contributed by atoms with van der Waals surface area (Å²) in [6.45, 7) is 9.39. The smallest absolute Gasteiger partial charge is 0.410 e. The second-order valence-corrected chi connectivity index (χ2v) is 7.54. The van der Waals surface area contributed by atoms with Gasteiger partial charge >= 0.3 is 6.09 Å². The number of hydrogen-bond donors (Lipinski definition) is 1. The Kier molecular flexibility index (Phi) is 6.54. The average molecular weight is 334 g/mol. The van der Waals surface area contributed by atoms with Gasteiger partial charge in [-0.05, 0) is 59.4 Å². The molecular weight excluding hydrogens is 304 g/mol. The molecule has 24 heavy (non-hydrogen) atoms. The standard InChI is InChI=1S/C18H30N4O2/c1-14(20-12-15-8-9-19-13-21-15)11-16-7-5-6-10-22(16)17(23)24-18(2,3)4/h8-9,13-14,16,20H,5-7,10-12H2,1-4H3. The molecule has 2 heterocycles. The van der Waals surface area contributed by atoms with E-state index in [1.165, 1.54) is 6.42 Å². The summed E-state index contributed by atoms with van der Waals surface area (Å²) in [5, 5.41) is 3.48. The molecule has 0 aromatic carbocycles. The second-order valence-electron chi connectivity index (χ2n) is 7.54. The predicted octanol–water partition coefficient (Wildman–Crippen LogP) is 3.13. The van der Waals surface area contributed by atoms with Crippen LogP contribution < -0.4 is 5.32 Å². The van der Waals surface area contributed by atoms with Crippen LogP contribution in [0.15, 0.2) is 18.6 Å². The van der Waals surface area contributed by atoms with Gasteiger partial charge in [0.15, 0.2) is 0 Å². The first-order chi connectivity index (χ1) is 11.3. The summed E-state index contributed by atoms with van der Waals surface area (Å²) in [5.74, 6) is 0. The Hall–Kier alpha value is -1.69. The van der Waals surface area contributed by atoms with Crippen molar-refractivity contribution in [2.45, 2.75) is 77.6 Å². The first-order valence-corrected chi connectivity index (χ1v) is 8.83. The lowest BCUT2D eigenvalue weighted by Crippen LogP contribution is -2.48. The molecule has 134 valence electrons. The van der Waals surface area contributed by atoms with Crippen LogP contribution in [-0.4, -0.2) is 45.2 Å². The maximum Gasteiger partial charge on any atom is 0.410 e. The molecule has 2 atom stereocenters. The maximum atomic E-state index is 12.5. The molecule has 1 aliphatic heterocycles. The van der Waals surface area contributed by atoms with Crippen LogP contribution in [0.5, 0.6) is 0 Å². The third-order valence-corrected chi connectivity index (χ3v) is 4.16. The van der Waals surface area contributed by atoms with E-state index < -0.39 is 5.60 Å². The lowest BCUT2D eigenvalue weighted by atomic mass is 9.96. The Morgan fingerprint density at radius 1 is 1.46 bits per heavy atom. The molecule has 1 aromatic heterocycles. The molecule has 0 aliphatic carbocycles. The van der Waals surface area contributed by atoms with Gasteiger partial charge in [0, 0.05) is 31.4 Å². The number of carbonyl (C=O) groups is 1. The minimum atomic E-state index is -0.448. The van der Waals surface area contributed by atoms with Crippen molar-refractivity contribution in [3.63, 3.8) is 0 Å². The van der Waals surface area contributed by atoms with Crippen molar-refractivity contribution in [2.75, 3.05) is 6.54 Å². The first kappa shape index (κ1) is 18.6. The fourth-order valence-electron chi connectivity index (χ4n) is 3.00. The molecule has 6 nitrogen and oxygen atoms in total. The van der Waals surface area contributed by atoms with Gasteiger partial charge in [0.05, 0.1) is 5.69 Å². The largest absolute Gasteiger partial charge is 0.444 e. The zero-order valence-electron chi connectivity index (χ0n) is 15.3. The molecule has 6 heteroatoms. The van der Waals surface area contributed by atoms with Crippen molar-refractivity contribution in [1.29, 1.82) is 0 Å². The van der Waals surface area contributed by atoms with E-state index in [0.29, 0.717) is 12.6 Å². The second kappa shape index (κ2) is 8.42. The Labute approximate surface area is 145 Å². The number of rotatable bonds is 5. The number of nitrogens with one attached hydrogen (secondary N) is 1. The highest BCUT2D eigenvalue weighted by atomic mass is 16.6. The van der Waals surface area contributed by atoms with Crippen molar-refractivity contribution in [3.05, 3.63) is 24.3 Å². The third-order valence-electron chi connectivity index (χ3n) is 4.16. The molecule has 1 aromatic rings. The molecule has 2 unspecified atom stereocenters. The Morgan fingerprint density at radius 3 is 2.92 bits per heavy atom. The summed E-state index contributed by atoms with van der Waals surface area (Å²) in [5.41, 5.74) is 0.528. The zero-order valence-corrected chi connectivity index (χ0v) is 15.3. The quantitative estimate of drug-likeness (QED) is 0.896. The average Bonchev–Trinajstić information content (AvgIpc) is 2.53. The van der Waals surface area contributed by atoms with Crippen molar-refractivity contribution < 1.29 is 9.53 Å². The Morgan fingerprint density at radius 2 is 2.25 bits per heavy atom. The van der Waals surface area contributed by atoms with Crippen molar-refractivity contribution in [3.8, 4) is 0 Å². The van der Waals surface area contributed by atoms with E-state index in [-0.39, 0.29) is 12.1 Å². The van der Waals surface area contributed by atoms with Gasteiger partial charge in [0.2, 0.25) is 0 Å². The van der Waals surface area contributed by atoms with Crippen LogP contribution in [0, 0.1) is 0 Å². The van der Waals surface area contributed by atoms with Crippen LogP contribution >= 0.6 is 0 Å². The molecule has 1 N–H and O–H groups in total. The van der Waals surface area contributed by atoms with E-state index in [2.05, 4.69) is 22.2 Å². The molecule has 1 saturated heterocycles. The summed E-state index contributed by atoms with van der Waals surface area (Å²) < 4.78 is 5.57.